The van der Waals surface area contributed by atoms with Gasteiger partial charge < -0.3 is 14.2 Å². The minimum Gasteiger partial charge on any atom is -0.497 e. The van der Waals surface area contributed by atoms with Gasteiger partial charge in [0.15, 0.2) is 0 Å². The maximum absolute atomic E-state index is 12.9. The summed E-state index contributed by atoms with van der Waals surface area (Å²) >= 11 is 3.47. The predicted molar refractivity (Wildman–Crippen MR) is 124 cm³/mol. The summed E-state index contributed by atoms with van der Waals surface area (Å²) < 4.78 is 18.0. The van der Waals surface area contributed by atoms with Gasteiger partial charge in [-0.3, -0.25) is 0 Å². The van der Waals surface area contributed by atoms with Crippen molar-refractivity contribution in [1.82, 2.24) is 0 Å². The number of aryl methyl sites for hydroxylation is 1. The molecule has 0 aliphatic carbocycles. The van der Waals surface area contributed by atoms with Gasteiger partial charge in [0.2, 0.25) is 0 Å². The first-order valence-electron chi connectivity index (χ1n) is 10.3. The van der Waals surface area contributed by atoms with Crippen LogP contribution in [0.3, 0.4) is 0 Å². The summed E-state index contributed by atoms with van der Waals surface area (Å²) in [5.41, 5.74) is 2.44. The summed E-state index contributed by atoms with van der Waals surface area (Å²) in [5, 5.41) is 0. The van der Waals surface area contributed by atoms with Gasteiger partial charge in [-0.2, -0.15) is 0 Å². The van der Waals surface area contributed by atoms with Crippen LogP contribution < -0.4 is 4.74 Å². The van der Waals surface area contributed by atoms with Gasteiger partial charge in [-0.25, -0.2) is 4.79 Å². The normalized spacial score (nSPS) is 12.8. The van der Waals surface area contributed by atoms with E-state index in [1.54, 1.807) is 13.2 Å². The van der Waals surface area contributed by atoms with Crippen LogP contribution in [0.1, 0.15) is 54.1 Å². The van der Waals surface area contributed by atoms with Crippen molar-refractivity contribution < 1.29 is 19.0 Å². The quantitative estimate of drug-likeness (QED) is 0.196. The Hall–Kier alpha value is -2.11. The number of halogens is 1. The van der Waals surface area contributed by atoms with Crippen molar-refractivity contribution in [2.75, 3.05) is 7.11 Å². The lowest BCUT2D eigenvalue weighted by Crippen LogP contribution is -2.32. The number of rotatable bonds is 12. The zero-order valence-corrected chi connectivity index (χ0v) is 19.6. The highest BCUT2D eigenvalue weighted by atomic mass is 79.9. The van der Waals surface area contributed by atoms with Crippen LogP contribution in [0.15, 0.2) is 59.6 Å². The second-order valence-electron chi connectivity index (χ2n) is 7.23. The van der Waals surface area contributed by atoms with Gasteiger partial charge in [-0.05, 0) is 65.0 Å². The number of ether oxygens (including phenoxy) is 3. The van der Waals surface area contributed by atoms with Crippen molar-refractivity contribution >= 4 is 21.9 Å². The molecule has 0 N–H and O–H groups in total. The first-order chi connectivity index (χ1) is 14.5. The summed E-state index contributed by atoms with van der Waals surface area (Å²) in [6.45, 7) is 8.37. The van der Waals surface area contributed by atoms with E-state index in [2.05, 4.69) is 29.4 Å². The summed E-state index contributed by atoms with van der Waals surface area (Å²) in [4.78, 5) is 12.9. The van der Waals surface area contributed by atoms with Gasteiger partial charge in [0.25, 0.3) is 0 Å². The summed E-state index contributed by atoms with van der Waals surface area (Å²) in [6.07, 6.45) is 4.78. The van der Waals surface area contributed by atoms with Gasteiger partial charge >= 0.3 is 5.97 Å². The Balaban J connectivity index is 2.11. The van der Waals surface area contributed by atoms with E-state index in [-0.39, 0.29) is 5.97 Å². The Morgan fingerprint density at radius 3 is 2.50 bits per heavy atom. The number of benzene rings is 2. The maximum atomic E-state index is 12.9. The smallest absolute Gasteiger partial charge is 0.339 e. The third-order valence-corrected chi connectivity index (χ3v) is 5.64. The first kappa shape index (κ1) is 24.2. The average molecular weight is 475 g/mol. The molecular formula is C25H31BrO4. The molecule has 30 heavy (non-hydrogen) atoms. The Morgan fingerprint density at radius 2 is 1.90 bits per heavy atom. The lowest BCUT2D eigenvalue weighted by Gasteiger charge is -2.26. The maximum Gasteiger partial charge on any atom is 0.339 e. The van der Waals surface area contributed by atoms with E-state index in [0.717, 1.165) is 47.0 Å². The van der Waals surface area contributed by atoms with E-state index in [1.165, 1.54) is 0 Å². The molecule has 0 fully saturated rings. The van der Waals surface area contributed by atoms with Crippen LogP contribution in [-0.2, 0) is 16.1 Å². The fourth-order valence-electron chi connectivity index (χ4n) is 3.21. The molecule has 0 saturated heterocycles. The Bertz CT molecular complexity index is 796. The largest absolute Gasteiger partial charge is 0.497 e. The van der Waals surface area contributed by atoms with E-state index in [9.17, 15) is 4.79 Å². The van der Waals surface area contributed by atoms with Crippen LogP contribution in [0.4, 0.5) is 0 Å². The van der Waals surface area contributed by atoms with E-state index < -0.39 is 12.2 Å². The minimum absolute atomic E-state index is 0.346. The Kier molecular flexibility index (Phi) is 10.1. The van der Waals surface area contributed by atoms with Crippen molar-refractivity contribution in [1.29, 1.82) is 0 Å². The predicted octanol–water partition coefficient (Wildman–Crippen LogP) is 6.64. The molecule has 0 spiro atoms. The fraction of sp³-hybridized carbons (Fsp3) is 0.400. The number of unbranched alkanes of at least 4 members (excludes halogenated alkanes) is 2. The first-order valence-corrected chi connectivity index (χ1v) is 11.1. The number of carbonyl (C=O) groups excluding carboxylic acids is 1. The molecule has 0 heterocycles. The lowest BCUT2D eigenvalue weighted by molar-refractivity contribution is -0.0420. The van der Waals surface area contributed by atoms with Crippen LogP contribution in [-0.4, -0.2) is 25.3 Å². The van der Waals surface area contributed by atoms with Gasteiger partial charge in [0, 0.05) is 4.47 Å². The molecule has 4 nitrogen and oxygen atoms in total. The van der Waals surface area contributed by atoms with E-state index in [0.29, 0.717) is 12.2 Å². The van der Waals surface area contributed by atoms with Crippen LogP contribution >= 0.6 is 15.9 Å². The fourth-order valence-corrected chi connectivity index (χ4v) is 3.84. The van der Waals surface area contributed by atoms with Gasteiger partial charge in [0.1, 0.15) is 18.0 Å². The van der Waals surface area contributed by atoms with E-state index in [1.807, 2.05) is 49.4 Å². The van der Waals surface area contributed by atoms with Crippen molar-refractivity contribution in [3.8, 4) is 5.75 Å². The molecule has 162 valence electrons. The van der Waals surface area contributed by atoms with Gasteiger partial charge in [-0.1, -0.05) is 50.1 Å². The Morgan fingerprint density at radius 1 is 1.17 bits per heavy atom. The highest BCUT2D eigenvalue weighted by Gasteiger charge is 2.26. The third kappa shape index (κ3) is 6.99. The zero-order valence-electron chi connectivity index (χ0n) is 18.0. The summed E-state index contributed by atoms with van der Waals surface area (Å²) in [5.74, 6) is 0.454. The molecule has 2 rings (SSSR count). The van der Waals surface area contributed by atoms with E-state index in [4.69, 9.17) is 14.2 Å². The molecule has 0 saturated carbocycles. The van der Waals surface area contributed by atoms with Crippen molar-refractivity contribution in [3.05, 3.63) is 76.3 Å². The number of hydrogen-bond donors (Lipinski definition) is 0. The van der Waals surface area contributed by atoms with Crippen LogP contribution in [0.25, 0.3) is 0 Å². The van der Waals surface area contributed by atoms with Crippen molar-refractivity contribution in [3.63, 3.8) is 0 Å². The SMILES string of the molecule is C=C[C@@H](OCc1ccc(OC)cc1)[C@H](CCCCC)OC(=O)c1c(C)cccc1Br. The van der Waals surface area contributed by atoms with E-state index >= 15 is 0 Å². The molecule has 0 aliphatic rings. The van der Waals surface area contributed by atoms with Crippen molar-refractivity contribution in [2.45, 2.75) is 58.3 Å². The van der Waals surface area contributed by atoms with Crippen LogP contribution in [0.5, 0.6) is 5.75 Å². The molecular weight excluding hydrogens is 444 g/mol. The molecule has 0 radical (unpaired) electrons. The summed E-state index contributed by atoms with van der Waals surface area (Å²) in [6, 6.07) is 13.4. The molecule has 2 atom stereocenters. The number of esters is 1. The monoisotopic (exact) mass is 474 g/mol. The summed E-state index contributed by atoms with van der Waals surface area (Å²) in [7, 11) is 1.64. The third-order valence-electron chi connectivity index (χ3n) is 4.98. The number of methoxy groups -OCH3 is 1. The van der Waals surface area contributed by atoms with Gasteiger partial charge in [0.05, 0.1) is 19.3 Å². The molecule has 0 aliphatic heterocycles. The molecule has 2 aromatic rings. The molecule has 0 unspecified atom stereocenters. The molecule has 5 heteroatoms. The Labute approximate surface area is 188 Å². The number of carbonyl (C=O) groups is 1. The molecule has 0 amide bonds. The second kappa shape index (κ2) is 12.6. The topological polar surface area (TPSA) is 44.8 Å². The zero-order chi connectivity index (χ0) is 21.9. The highest BCUT2D eigenvalue weighted by Crippen LogP contribution is 2.24. The second-order valence-corrected chi connectivity index (χ2v) is 8.09. The highest BCUT2D eigenvalue weighted by molar-refractivity contribution is 9.10. The molecule has 2 aromatic carbocycles. The molecule has 0 aromatic heterocycles. The van der Waals surface area contributed by atoms with Crippen LogP contribution in [0.2, 0.25) is 0 Å². The number of hydrogen-bond acceptors (Lipinski definition) is 4. The van der Waals surface area contributed by atoms with Crippen LogP contribution in [0, 0.1) is 6.92 Å². The minimum atomic E-state index is -0.397. The molecule has 0 bridgehead atoms. The van der Waals surface area contributed by atoms with Gasteiger partial charge in [-0.15, -0.1) is 6.58 Å². The standard InChI is InChI=1S/C25H31BrO4/c1-5-7-8-12-23(30-25(27)24-18(3)10-9-11-21(24)26)22(6-2)29-17-19-13-15-20(28-4)16-14-19/h6,9-11,13-16,22-23H,2,5,7-8,12,17H2,1,3-4H3/t22-,23+/m1/s1. The van der Waals surface area contributed by atoms with Crippen molar-refractivity contribution in [2.24, 2.45) is 0 Å². The lowest BCUT2D eigenvalue weighted by atomic mass is 10.0. The average Bonchev–Trinajstić information content (AvgIpc) is 2.74.